The largest absolute Gasteiger partial charge is 0.483 e. The molecule has 0 heterocycles. The molecule has 21 heavy (non-hydrogen) atoms. The fraction of sp³-hybridized carbons (Fsp3) is 0.188. The second-order valence-corrected chi connectivity index (χ2v) is 5.50. The lowest BCUT2D eigenvalue weighted by molar-refractivity contribution is 0.178. The average molecular weight is 349 g/mol. The van der Waals surface area contributed by atoms with Gasteiger partial charge in [0.25, 0.3) is 0 Å². The van der Waals surface area contributed by atoms with Crippen LogP contribution in [0.3, 0.4) is 0 Å². The lowest BCUT2D eigenvalue weighted by atomic mass is 10.0. The highest BCUT2D eigenvalue weighted by molar-refractivity contribution is 9.10. The first-order valence-electron chi connectivity index (χ1n) is 6.40. The standard InChI is InChI=1S/C16H14BrFN2O/c1-10(20)16(11-5-2-3-6-13(11)17)21-15-8-4-7-14(18)12(15)9-19/h2-8,10,16H,20H2,1H3. The van der Waals surface area contributed by atoms with Gasteiger partial charge in [-0.1, -0.05) is 40.2 Å². The Hall–Kier alpha value is -1.90. The summed E-state index contributed by atoms with van der Waals surface area (Å²) in [4.78, 5) is 0. The van der Waals surface area contributed by atoms with Gasteiger partial charge in [0, 0.05) is 16.1 Å². The van der Waals surface area contributed by atoms with E-state index in [1.54, 1.807) is 13.0 Å². The lowest BCUT2D eigenvalue weighted by Crippen LogP contribution is -2.29. The number of nitrogens with zero attached hydrogens (tertiary/aromatic N) is 1. The highest BCUT2D eigenvalue weighted by atomic mass is 79.9. The number of nitrogens with two attached hydrogens (primary N) is 1. The molecule has 0 saturated heterocycles. The molecular weight excluding hydrogens is 335 g/mol. The van der Waals surface area contributed by atoms with Crippen molar-refractivity contribution in [2.45, 2.75) is 19.1 Å². The molecule has 0 amide bonds. The van der Waals surface area contributed by atoms with Gasteiger partial charge in [-0.3, -0.25) is 0 Å². The monoisotopic (exact) mass is 348 g/mol. The zero-order chi connectivity index (χ0) is 15.4. The normalized spacial score (nSPS) is 13.3. The molecule has 5 heteroatoms. The molecule has 0 aliphatic heterocycles. The third kappa shape index (κ3) is 3.41. The number of nitriles is 1. The van der Waals surface area contributed by atoms with Gasteiger partial charge >= 0.3 is 0 Å². The van der Waals surface area contributed by atoms with Gasteiger partial charge in [-0.15, -0.1) is 0 Å². The van der Waals surface area contributed by atoms with E-state index in [1.807, 2.05) is 30.3 Å². The number of hydrogen-bond acceptors (Lipinski definition) is 3. The van der Waals surface area contributed by atoms with Crippen LogP contribution in [0.4, 0.5) is 4.39 Å². The highest BCUT2D eigenvalue weighted by Gasteiger charge is 2.22. The van der Waals surface area contributed by atoms with Crippen LogP contribution in [-0.4, -0.2) is 6.04 Å². The minimum Gasteiger partial charge on any atom is -0.483 e. The van der Waals surface area contributed by atoms with Crippen molar-refractivity contribution < 1.29 is 9.13 Å². The summed E-state index contributed by atoms with van der Waals surface area (Å²) in [5.74, 6) is -0.416. The smallest absolute Gasteiger partial charge is 0.144 e. The molecular formula is C16H14BrFN2O. The molecule has 2 aromatic carbocycles. The molecule has 2 aromatic rings. The van der Waals surface area contributed by atoms with Crippen LogP contribution in [0.25, 0.3) is 0 Å². The Kier molecular flexibility index (Phi) is 4.94. The molecule has 0 saturated carbocycles. The average Bonchev–Trinajstić information content (AvgIpc) is 2.45. The maximum atomic E-state index is 13.6. The molecule has 0 aromatic heterocycles. The minimum absolute atomic E-state index is 0.116. The summed E-state index contributed by atoms with van der Waals surface area (Å²) in [7, 11) is 0. The zero-order valence-electron chi connectivity index (χ0n) is 11.4. The van der Waals surface area contributed by atoms with Gasteiger partial charge in [-0.05, 0) is 25.1 Å². The molecule has 0 fully saturated rings. The fourth-order valence-corrected chi connectivity index (χ4v) is 2.52. The van der Waals surface area contributed by atoms with E-state index in [4.69, 9.17) is 15.7 Å². The van der Waals surface area contributed by atoms with Crippen LogP contribution in [0, 0.1) is 17.1 Å². The van der Waals surface area contributed by atoms with E-state index < -0.39 is 11.9 Å². The molecule has 2 atom stereocenters. The molecule has 0 aliphatic rings. The van der Waals surface area contributed by atoms with Crippen LogP contribution in [0.15, 0.2) is 46.9 Å². The Balaban J connectivity index is 2.41. The van der Waals surface area contributed by atoms with Crippen molar-refractivity contribution in [3.05, 3.63) is 63.9 Å². The first kappa shape index (κ1) is 15.5. The Bertz CT molecular complexity index is 682. The summed E-state index contributed by atoms with van der Waals surface area (Å²) in [5.41, 5.74) is 6.72. The van der Waals surface area contributed by atoms with Crippen LogP contribution in [0.1, 0.15) is 24.2 Å². The Morgan fingerprint density at radius 1 is 1.24 bits per heavy atom. The number of ether oxygens (including phenoxy) is 1. The summed E-state index contributed by atoms with van der Waals surface area (Å²) >= 11 is 3.45. The molecule has 2 unspecified atom stereocenters. The van der Waals surface area contributed by atoms with Crippen molar-refractivity contribution in [3.8, 4) is 11.8 Å². The molecule has 108 valence electrons. The number of hydrogen-bond donors (Lipinski definition) is 1. The van der Waals surface area contributed by atoms with E-state index in [-0.39, 0.29) is 17.4 Å². The van der Waals surface area contributed by atoms with Crippen molar-refractivity contribution in [1.29, 1.82) is 5.26 Å². The van der Waals surface area contributed by atoms with Gasteiger partial charge in [-0.25, -0.2) is 4.39 Å². The van der Waals surface area contributed by atoms with Gasteiger partial charge in [0.2, 0.25) is 0 Å². The molecule has 2 N–H and O–H groups in total. The van der Waals surface area contributed by atoms with E-state index in [0.29, 0.717) is 0 Å². The van der Waals surface area contributed by atoms with Crippen LogP contribution in [-0.2, 0) is 0 Å². The maximum Gasteiger partial charge on any atom is 0.144 e. The predicted molar refractivity (Wildman–Crippen MR) is 82.3 cm³/mol. The third-order valence-corrected chi connectivity index (χ3v) is 3.75. The molecule has 2 rings (SSSR count). The maximum absolute atomic E-state index is 13.6. The first-order chi connectivity index (χ1) is 10.0. The van der Waals surface area contributed by atoms with Crippen LogP contribution in [0.5, 0.6) is 5.75 Å². The van der Waals surface area contributed by atoms with Crippen molar-refractivity contribution in [2.75, 3.05) is 0 Å². The molecule has 0 spiro atoms. The van der Waals surface area contributed by atoms with E-state index in [9.17, 15) is 4.39 Å². The minimum atomic E-state index is -0.606. The predicted octanol–water partition coefficient (Wildman–Crippen LogP) is 3.93. The molecule has 0 radical (unpaired) electrons. The number of rotatable bonds is 4. The van der Waals surface area contributed by atoms with Crippen molar-refractivity contribution in [1.82, 2.24) is 0 Å². The van der Waals surface area contributed by atoms with Crippen LogP contribution in [0.2, 0.25) is 0 Å². The number of halogens is 2. The van der Waals surface area contributed by atoms with E-state index >= 15 is 0 Å². The van der Waals surface area contributed by atoms with Crippen molar-refractivity contribution in [3.63, 3.8) is 0 Å². The zero-order valence-corrected chi connectivity index (χ0v) is 13.0. The Morgan fingerprint density at radius 2 is 1.95 bits per heavy atom. The summed E-state index contributed by atoms with van der Waals surface area (Å²) in [6, 6.07) is 13.3. The van der Waals surface area contributed by atoms with Gasteiger partial charge in [-0.2, -0.15) is 5.26 Å². The first-order valence-corrected chi connectivity index (χ1v) is 7.19. The van der Waals surface area contributed by atoms with Gasteiger partial charge in [0.15, 0.2) is 0 Å². The second-order valence-electron chi connectivity index (χ2n) is 4.64. The van der Waals surface area contributed by atoms with Crippen LogP contribution >= 0.6 is 15.9 Å². The van der Waals surface area contributed by atoms with E-state index in [2.05, 4.69) is 15.9 Å². The Morgan fingerprint density at radius 3 is 2.57 bits per heavy atom. The number of benzene rings is 2. The SMILES string of the molecule is CC(N)C(Oc1cccc(F)c1C#N)c1ccccc1Br. The quantitative estimate of drug-likeness (QED) is 0.910. The summed E-state index contributed by atoms with van der Waals surface area (Å²) in [5, 5.41) is 9.07. The van der Waals surface area contributed by atoms with Gasteiger partial charge in [0.05, 0.1) is 0 Å². The fourth-order valence-electron chi connectivity index (χ4n) is 2.01. The van der Waals surface area contributed by atoms with Crippen LogP contribution < -0.4 is 10.5 Å². The Labute approximate surface area is 131 Å². The molecule has 0 aliphatic carbocycles. The third-order valence-electron chi connectivity index (χ3n) is 3.03. The highest BCUT2D eigenvalue weighted by Crippen LogP contribution is 2.31. The summed E-state index contributed by atoms with van der Waals surface area (Å²) < 4.78 is 20.3. The van der Waals surface area contributed by atoms with Gasteiger partial charge < -0.3 is 10.5 Å². The molecule has 0 bridgehead atoms. The molecule has 3 nitrogen and oxygen atoms in total. The van der Waals surface area contributed by atoms with E-state index in [1.165, 1.54) is 12.1 Å². The van der Waals surface area contributed by atoms with Gasteiger partial charge in [0.1, 0.15) is 29.3 Å². The van der Waals surface area contributed by atoms with Crippen molar-refractivity contribution in [2.24, 2.45) is 5.73 Å². The van der Waals surface area contributed by atoms with Crippen molar-refractivity contribution >= 4 is 15.9 Å². The summed E-state index contributed by atoms with van der Waals surface area (Å²) in [6.45, 7) is 1.80. The lowest BCUT2D eigenvalue weighted by Gasteiger charge is -2.24. The topological polar surface area (TPSA) is 59.0 Å². The van der Waals surface area contributed by atoms with E-state index in [0.717, 1.165) is 10.0 Å². The second kappa shape index (κ2) is 6.70. The summed E-state index contributed by atoms with van der Waals surface area (Å²) in [6.07, 6.45) is -0.491.